The maximum absolute atomic E-state index is 13.8. The minimum atomic E-state index is -0.478. The van der Waals surface area contributed by atoms with Gasteiger partial charge in [-0.05, 0) is 24.6 Å². The maximum atomic E-state index is 13.8. The van der Waals surface area contributed by atoms with Crippen LogP contribution < -0.4 is 16.0 Å². The number of rotatable bonds is 7. The number of carbonyl (C=O) groups excluding carboxylic acids is 1. The van der Waals surface area contributed by atoms with Gasteiger partial charge in [-0.3, -0.25) is 4.79 Å². The van der Waals surface area contributed by atoms with Crippen LogP contribution in [0.3, 0.4) is 0 Å². The Morgan fingerprint density at radius 3 is 2.83 bits per heavy atom. The molecule has 1 rings (SSSR count). The van der Waals surface area contributed by atoms with Gasteiger partial charge in [0.15, 0.2) is 0 Å². The van der Waals surface area contributed by atoms with E-state index < -0.39 is 5.91 Å². The molecule has 5 heteroatoms. The zero-order valence-corrected chi connectivity index (χ0v) is 10.9. The Morgan fingerprint density at radius 2 is 2.22 bits per heavy atom. The standard InChI is InChI=1S/C13H20FN3O/c1-3-7-16-8-10-5-4-6-11(14)13(10)17(2)9-12(15)18/h4-6,16H,3,7-9H2,1-2H3,(H2,15,18). The molecule has 0 fully saturated rings. The molecular weight excluding hydrogens is 233 g/mol. The molecule has 0 bridgehead atoms. The van der Waals surface area contributed by atoms with E-state index in [1.165, 1.54) is 6.07 Å². The van der Waals surface area contributed by atoms with Crippen molar-refractivity contribution in [2.45, 2.75) is 19.9 Å². The van der Waals surface area contributed by atoms with Gasteiger partial charge in [0.05, 0.1) is 12.2 Å². The van der Waals surface area contributed by atoms with Crippen LogP contribution in [0.2, 0.25) is 0 Å². The third kappa shape index (κ3) is 4.00. The van der Waals surface area contributed by atoms with E-state index in [9.17, 15) is 9.18 Å². The molecule has 0 aliphatic carbocycles. The monoisotopic (exact) mass is 253 g/mol. The number of anilines is 1. The van der Waals surface area contributed by atoms with Gasteiger partial charge in [0.25, 0.3) is 0 Å². The summed E-state index contributed by atoms with van der Waals surface area (Å²) >= 11 is 0. The Bertz CT molecular complexity index is 409. The van der Waals surface area contributed by atoms with Crippen LogP contribution in [0.15, 0.2) is 18.2 Å². The van der Waals surface area contributed by atoms with Crippen molar-refractivity contribution in [3.05, 3.63) is 29.6 Å². The predicted molar refractivity (Wildman–Crippen MR) is 70.9 cm³/mol. The number of nitrogens with two attached hydrogens (primary N) is 1. The van der Waals surface area contributed by atoms with Crippen LogP contribution in [0.1, 0.15) is 18.9 Å². The molecule has 0 saturated carbocycles. The van der Waals surface area contributed by atoms with E-state index in [0.717, 1.165) is 18.5 Å². The highest BCUT2D eigenvalue weighted by Gasteiger charge is 2.14. The van der Waals surface area contributed by atoms with Crippen molar-refractivity contribution in [3.8, 4) is 0 Å². The van der Waals surface area contributed by atoms with E-state index in [0.29, 0.717) is 12.2 Å². The summed E-state index contributed by atoms with van der Waals surface area (Å²) < 4.78 is 13.8. The second-order valence-electron chi connectivity index (χ2n) is 4.25. The van der Waals surface area contributed by atoms with Crippen LogP contribution >= 0.6 is 0 Å². The second-order valence-corrected chi connectivity index (χ2v) is 4.25. The molecule has 0 aromatic heterocycles. The summed E-state index contributed by atoms with van der Waals surface area (Å²) in [5, 5.41) is 3.22. The zero-order chi connectivity index (χ0) is 13.5. The first kappa shape index (κ1) is 14.4. The fourth-order valence-corrected chi connectivity index (χ4v) is 1.84. The molecule has 0 unspecified atom stereocenters. The Hall–Kier alpha value is -1.62. The Morgan fingerprint density at radius 1 is 1.50 bits per heavy atom. The third-order valence-electron chi connectivity index (χ3n) is 2.59. The highest BCUT2D eigenvalue weighted by molar-refractivity contribution is 5.79. The molecule has 0 atom stereocenters. The lowest BCUT2D eigenvalue weighted by atomic mass is 10.1. The molecule has 1 amide bonds. The van der Waals surface area contributed by atoms with Crippen LogP contribution in [0, 0.1) is 5.82 Å². The number of amides is 1. The molecule has 0 aliphatic rings. The van der Waals surface area contributed by atoms with Gasteiger partial charge in [-0.15, -0.1) is 0 Å². The van der Waals surface area contributed by atoms with Gasteiger partial charge in [0.2, 0.25) is 5.91 Å². The van der Waals surface area contributed by atoms with Crippen molar-refractivity contribution >= 4 is 11.6 Å². The average Bonchev–Trinajstić information content (AvgIpc) is 2.28. The first-order valence-corrected chi connectivity index (χ1v) is 6.03. The lowest BCUT2D eigenvalue weighted by Gasteiger charge is -2.21. The van der Waals surface area contributed by atoms with Crippen LogP contribution in [0.25, 0.3) is 0 Å². The summed E-state index contributed by atoms with van der Waals surface area (Å²) in [5.41, 5.74) is 6.39. The van der Waals surface area contributed by atoms with E-state index in [2.05, 4.69) is 12.2 Å². The number of halogens is 1. The highest BCUT2D eigenvalue weighted by Crippen LogP contribution is 2.23. The minimum Gasteiger partial charge on any atom is -0.368 e. The van der Waals surface area contributed by atoms with E-state index in [1.54, 1.807) is 18.0 Å². The van der Waals surface area contributed by atoms with Crippen LogP contribution in [-0.4, -0.2) is 26.0 Å². The Balaban J connectivity index is 2.89. The summed E-state index contributed by atoms with van der Waals surface area (Å²) in [5.74, 6) is -0.817. The van der Waals surface area contributed by atoms with E-state index in [4.69, 9.17) is 5.73 Å². The summed E-state index contributed by atoms with van der Waals surface area (Å²) in [6.45, 7) is 3.51. The number of nitrogens with zero attached hydrogens (tertiary/aromatic N) is 1. The van der Waals surface area contributed by atoms with Crippen LogP contribution in [0.4, 0.5) is 10.1 Å². The second kappa shape index (κ2) is 6.96. The summed E-state index contributed by atoms with van der Waals surface area (Å²) in [4.78, 5) is 12.5. The molecule has 1 aromatic rings. The van der Waals surface area contributed by atoms with E-state index in [1.807, 2.05) is 6.07 Å². The minimum absolute atomic E-state index is 0.00170. The number of para-hydroxylation sites is 1. The first-order chi connectivity index (χ1) is 8.56. The molecule has 3 N–H and O–H groups in total. The normalized spacial score (nSPS) is 10.4. The quantitative estimate of drug-likeness (QED) is 0.719. The highest BCUT2D eigenvalue weighted by atomic mass is 19.1. The van der Waals surface area contributed by atoms with Crippen molar-refractivity contribution in [2.75, 3.05) is 25.0 Å². The van der Waals surface area contributed by atoms with Crippen molar-refractivity contribution in [3.63, 3.8) is 0 Å². The van der Waals surface area contributed by atoms with Crippen LogP contribution in [-0.2, 0) is 11.3 Å². The summed E-state index contributed by atoms with van der Waals surface area (Å²) in [6, 6.07) is 4.90. The molecule has 100 valence electrons. The van der Waals surface area contributed by atoms with Gasteiger partial charge in [0.1, 0.15) is 5.82 Å². The first-order valence-electron chi connectivity index (χ1n) is 6.03. The van der Waals surface area contributed by atoms with Gasteiger partial charge in [-0.25, -0.2) is 4.39 Å². The number of likely N-dealkylation sites (N-methyl/N-ethyl adjacent to an activating group) is 1. The Labute approximate surface area is 107 Å². The van der Waals surface area contributed by atoms with Crippen molar-refractivity contribution in [1.82, 2.24) is 5.32 Å². The van der Waals surface area contributed by atoms with Gasteiger partial charge in [-0.2, -0.15) is 0 Å². The lowest BCUT2D eigenvalue weighted by Crippen LogP contribution is -2.32. The van der Waals surface area contributed by atoms with Gasteiger partial charge < -0.3 is 16.0 Å². The molecule has 0 heterocycles. The molecule has 0 aliphatic heterocycles. The zero-order valence-electron chi connectivity index (χ0n) is 10.9. The Kier molecular flexibility index (Phi) is 5.58. The number of hydrogen-bond acceptors (Lipinski definition) is 3. The maximum Gasteiger partial charge on any atom is 0.236 e. The SMILES string of the molecule is CCCNCc1cccc(F)c1N(C)CC(N)=O. The lowest BCUT2D eigenvalue weighted by molar-refractivity contribution is -0.116. The van der Waals surface area contributed by atoms with E-state index in [-0.39, 0.29) is 12.4 Å². The number of primary amides is 1. The number of carbonyl (C=O) groups is 1. The van der Waals surface area contributed by atoms with Crippen molar-refractivity contribution < 1.29 is 9.18 Å². The average molecular weight is 253 g/mol. The molecule has 0 radical (unpaired) electrons. The molecule has 4 nitrogen and oxygen atoms in total. The van der Waals surface area contributed by atoms with E-state index >= 15 is 0 Å². The van der Waals surface area contributed by atoms with Gasteiger partial charge in [0, 0.05) is 13.6 Å². The number of nitrogens with one attached hydrogen (secondary N) is 1. The topological polar surface area (TPSA) is 58.4 Å². The van der Waals surface area contributed by atoms with Gasteiger partial charge >= 0.3 is 0 Å². The summed E-state index contributed by atoms with van der Waals surface area (Å²) in [6.07, 6.45) is 1.02. The molecular formula is C13H20FN3O. The molecule has 1 aromatic carbocycles. The summed E-state index contributed by atoms with van der Waals surface area (Å²) in [7, 11) is 1.66. The largest absolute Gasteiger partial charge is 0.368 e. The van der Waals surface area contributed by atoms with Gasteiger partial charge in [-0.1, -0.05) is 19.1 Å². The molecule has 18 heavy (non-hydrogen) atoms. The fraction of sp³-hybridized carbons (Fsp3) is 0.462. The predicted octanol–water partition coefficient (Wildman–Crippen LogP) is 1.25. The molecule has 0 saturated heterocycles. The van der Waals surface area contributed by atoms with Crippen molar-refractivity contribution in [2.24, 2.45) is 5.73 Å². The fourth-order valence-electron chi connectivity index (χ4n) is 1.84. The third-order valence-corrected chi connectivity index (χ3v) is 2.59. The molecule has 0 spiro atoms. The van der Waals surface area contributed by atoms with Crippen LogP contribution in [0.5, 0.6) is 0 Å². The smallest absolute Gasteiger partial charge is 0.236 e. The van der Waals surface area contributed by atoms with Crippen molar-refractivity contribution in [1.29, 1.82) is 0 Å². The number of hydrogen-bond donors (Lipinski definition) is 2. The number of benzene rings is 1.